The molecule has 0 N–H and O–H groups in total. The number of ether oxygens (including phenoxy) is 2. The van der Waals surface area contributed by atoms with Crippen molar-refractivity contribution < 1.29 is 18.3 Å². The summed E-state index contributed by atoms with van der Waals surface area (Å²) in [6.07, 6.45) is 0. The number of benzene rings is 2. The van der Waals surface area contributed by atoms with E-state index in [1.807, 2.05) is 0 Å². The molecule has 3 rings (SSSR count). The van der Waals surface area contributed by atoms with Gasteiger partial charge in [-0.15, -0.1) is 0 Å². The number of hydrogen-bond donors (Lipinski definition) is 0. The number of rotatable bonds is 5. The lowest BCUT2D eigenvalue weighted by Crippen LogP contribution is -2.25. The Morgan fingerprint density at radius 1 is 1.00 bits per heavy atom. The van der Waals surface area contributed by atoms with E-state index in [2.05, 4.69) is 5.10 Å². The number of methoxy groups -OCH3 is 2. The normalized spacial score (nSPS) is 10.9. The first-order valence-corrected chi connectivity index (χ1v) is 9.75. The molecule has 2 aromatic carbocycles. The van der Waals surface area contributed by atoms with Gasteiger partial charge in [0.25, 0.3) is 5.56 Å². The number of aryl methyl sites for hydroxylation is 1. The molecule has 0 aliphatic rings. The maximum absolute atomic E-state index is 14.6. The Bertz CT molecular complexity index is 1180. The van der Waals surface area contributed by atoms with E-state index >= 15 is 0 Å². The average molecular weight is 476 g/mol. The second kappa shape index (κ2) is 8.79. The zero-order valence-corrected chi connectivity index (χ0v) is 18.3. The van der Waals surface area contributed by atoms with Crippen LogP contribution in [0.15, 0.2) is 29.1 Å². The molecule has 1 aromatic heterocycles. The van der Waals surface area contributed by atoms with Crippen molar-refractivity contribution in [2.75, 3.05) is 14.2 Å². The molecule has 0 saturated carbocycles. The van der Waals surface area contributed by atoms with E-state index in [1.165, 1.54) is 26.4 Å². The third-order valence-electron chi connectivity index (χ3n) is 4.45. The fourth-order valence-electron chi connectivity index (χ4n) is 3.07. The fourth-order valence-corrected chi connectivity index (χ4v) is 4.02. The van der Waals surface area contributed by atoms with Crippen LogP contribution >= 0.6 is 34.8 Å². The van der Waals surface area contributed by atoms with Crippen molar-refractivity contribution in [1.29, 1.82) is 0 Å². The third-order valence-corrected chi connectivity index (χ3v) is 5.44. The molecule has 0 atom stereocenters. The maximum Gasteiger partial charge on any atom is 0.275 e. The van der Waals surface area contributed by atoms with Gasteiger partial charge in [-0.25, -0.2) is 13.5 Å². The molecule has 5 nitrogen and oxygen atoms in total. The van der Waals surface area contributed by atoms with Crippen LogP contribution in [0.2, 0.25) is 15.2 Å². The fraction of sp³-hybridized carbons (Fsp3) is 0.200. The summed E-state index contributed by atoms with van der Waals surface area (Å²) in [4.78, 5) is 13.2. The molecule has 0 bridgehead atoms. The van der Waals surface area contributed by atoms with Gasteiger partial charge in [0.15, 0.2) is 10.9 Å². The molecule has 0 aliphatic heterocycles. The summed E-state index contributed by atoms with van der Waals surface area (Å²) in [5.41, 5.74) is -1.50. The van der Waals surface area contributed by atoms with Crippen LogP contribution in [-0.4, -0.2) is 24.0 Å². The molecule has 30 heavy (non-hydrogen) atoms. The summed E-state index contributed by atoms with van der Waals surface area (Å²) >= 11 is 19.0. The Labute approximate surface area is 185 Å². The SMILES string of the molecule is CCn1nc(Cl)c(-c2c(F)cccc2F)c(-c2cc(OC)c(Cl)c(OC)c2Cl)c1=O. The van der Waals surface area contributed by atoms with Crippen LogP contribution in [-0.2, 0) is 6.54 Å². The molecule has 158 valence electrons. The first kappa shape index (κ1) is 22.3. The summed E-state index contributed by atoms with van der Waals surface area (Å²) in [7, 11) is 2.69. The predicted octanol–water partition coefficient (Wildman–Crippen LogP) is 5.85. The molecule has 0 spiro atoms. The van der Waals surface area contributed by atoms with Crippen molar-refractivity contribution in [2.45, 2.75) is 13.5 Å². The highest BCUT2D eigenvalue weighted by Gasteiger charge is 2.28. The molecule has 10 heteroatoms. The van der Waals surface area contributed by atoms with Crippen LogP contribution in [0, 0.1) is 11.6 Å². The van der Waals surface area contributed by atoms with Gasteiger partial charge in [0.2, 0.25) is 0 Å². The highest BCUT2D eigenvalue weighted by Crippen LogP contribution is 2.48. The molecular formula is C20H15Cl3F2N2O3. The van der Waals surface area contributed by atoms with Gasteiger partial charge in [-0.3, -0.25) is 4.79 Å². The average Bonchev–Trinajstić information content (AvgIpc) is 2.71. The molecule has 0 radical (unpaired) electrons. The first-order valence-electron chi connectivity index (χ1n) is 8.62. The smallest absolute Gasteiger partial charge is 0.275 e. The second-order valence-electron chi connectivity index (χ2n) is 6.05. The molecule has 0 unspecified atom stereocenters. The van der Waals surface area contributed by atoms with Gasteiger partial charge in [-0.1, -0.05) is 40.9 Å². The Hall–Kier alpha value is -2.35. The highest BCUT2D eigenvalue weighted by atomic mass is 35.5. The number of nitrogens with zero attached hydrogens (tertiary/aromatic N) is 2. The molecule has 0 amide bonds. The lowest BCUT2D eigenvalue weighted by atomic mass is 9.95. The summed E-state index contributed by atoms with van der Waals surface area (Å²) in [5.74, 6) is -1.67. The van der Waals surface area contributed by atoms with Crippen molar-refractivity contribution >= 4 is 34.8 Å². The van der Waals surface area contributed by atoms with Gasteiger partial charge in [0, 0.05) is 17.7 Å². The highest BCUT2D eigenvalue weighted by molar-refractivity contribution is 6.40. The largest absolute Gasteiger partial charge is 0.495 e. The zero-order valence-electron chi connectivity index (χ0n) is 16.0. The van der Waals surface area contributed by atoms with E-state index < -0.39 is 22.8 Å². The molecular weight excluding hydrogens is 461 g/mol. The van der Waals surface area contributed by atoms with E-state index in [0.717, 1.165) is 16.8 Å². The second-order valence-corrected chi connectivity index (χ2v) is 7.16. The number of aromatic nitrogens is 2. The van der Waals surface area contributed by atoms with Crippen molar-refractivity contribution in [2.24, 2.45) is 0 Å². The van der Waals surface area contributed by atoms with Crippen molar-refractivity contribution in [3.05, 3.63) is 61.5 Å². The van der Waals surface area contributed by atoms with Crippen molar-refractivity contribution in [3.8, 4) is 33.8 Å². The van der Waals surface area contributed by atoms with Gasteiger partial charge in [-0.05, 0) is 25.1 Å². The quantitative estimate of drug-likeness (QED) is 0.464. The summed E-state index contributed by atoms with van der Waals surface area (Å²) in [6.45, 7) is 1.83. The molecule has 0 aliphatic carbocycles. The van der Waals surface area contributed by atoms with Gasteiger partial charge in [-0.2, -0.15) is 5.10 Å². The van der Waals surface area contributed by atoms with Gasteiger partial charge < -0.3 is 9.47 Å². The summed E-state index contributed by atoms with van der Waals surface area (Å²) in [6, 6.07) is 4.68. The van der Waals surface area contributed by atoms with Crippen molar-refractivity contribution in [3.63, 3.8) is 0 Å². The molecule has 1 heterocycles. The maximum atomic E-state index is 14.6. The number of halogens is 5. The zero-order chi connectivity index (χ0) is 22.2. The van der Waals surface area contributed by atoms with Crippen molar-refractivity contribution in [1.82, 2.24) is 9.78 Å². The summed E-state index contributed by atoms with van der Waals surface area (Å²) in [5, 5.41) is 3.71. The Balaban J connectivity index is 2.56. The Kier molecular flexibility index (Phi) is 6.55. The topological polar surface area (TPSA) is 53.4 Å². The predicted molar refractivity (Wildman–Crippen MR) is 113 cm³/mol. The van der Waals surface area contributed by atoms with E-state index in [1.54, 1.807) is 6.92 Å². The van der Waals surface area contributed by atoms with E-state index in [4.69, 9.17) is 44.3 Å². The lowest BCUT2D eigenvalue weighted by Gasteiger charge is -2.18. The van der Waals surface area contributed by atoms with Crippen LogP contribution in [0.25, 0.3) is 22.3 Å². The van der Waals surface area contributed by atoms with Gasteiger partial charge in [0.05, 0.1) is 30.4 Å². The monoisotopic (exact) mass is 474 g/mol. The standard InChI is InChI=1S/C20H15Cl3F2N2O3/c1-4-27-20(28)13(9-8-12(29-2)17(22)18(30-3)16(9)21)15(19(23)26-27)14-10(24)6-5-7-11(14)25/h5-8H,4H2,1-3H3. The van der Waals surface area contributed by atoms with Crippen LogP contribution < -0.4 is 15.0 Å². The molecule has 0 fully saturated rings. The van der Waals surface area contributed by atoms with E-state index in [0.29, 0.717) is 0 Å². The molecule has 0 saturated heterocycles. The van der Waals surface area contributed by atoms with Gasteiger partial charge >= 0.3 is 0 Å². The Morgan fingerprint density at radius 3 is 2.17 bits per heavy atom. The first-order chi connectivity index (χ1) is 14.3. The summed E-state index contributed by atoms with van der Waals surface area (Å²) < 4.78 is 40.8. The van der Waals surface area contributed by atoms with Gasteiger partial charge in [0.1, 0.15) is 22.4 Å². The minimum atomic E-state index is -0.919. The van der Waals surface area contributed by atoms with Crippen LogP contribution in [0.1, 0.15) is 6.92 Å². The van der Waals surface area contributed by atoms with Crippen LogP contribution in [0.3, 0.4) is 0 Å². The minimum absolute atomic E-state index is 0.0306. The lowest BCUT2D eigenvalue weighted by molar-refractivity contribution is 0.395. The molecule has 3 aromatic rings. The van der Waals surface area contributed by atoms with Crippen LogP contribution in [0.4, 0.5) is 8.78 Å². The third kappa shape index (κ3) is 3.62. The minimum Gasteiger partial charge on any atom is -0.495 e. The van der Waals surface area contributed by atoms with Crippen LogP contribution in [0.5, 0.6) is 11.5 Å². The number of hydrogen-bond acceptors (Lipinski definition) is 4. The Morgan fingerprint density at radius 2 is 1.63 bits per heavy atom. The van der Waals surface area contributed by atoms with E-state index in [-0.39, 0.29) is 49.9 Å². The van der Waals surface area contributed by atoms with E-state index in [9.17, 15) is 13.6 Å².